The summed E-state index contributed by atoms with van der Waals surface area (Å²) >= 11 is 0. The molecule has 3 aliphatic rings. The minimum absolute atomic E-state index is 0.151. The van der Waals surface area contributed by atoms with Crippen LogP contribution in [0.3, 0.4) is 0 Å². The number of carbonyl (C=O) groups is 1. The second-order valence-electron chi connectivity index (χ2n) is 8.58. The maximum absolute atomic E-state index is 13.0. The number of nitrogens with zero attached hydrogens (tertiary/aromatic N) is 5. The van der Waals surface area contributed by atoms with Gasteiger partial charge in [0.05, 0.1) is 17.9 Å². The number of likely N-dealkylation sites (N-methyl/N-ethyl adjacent to an activating group) is 1. The van der Waals surface area contributed by atoms with Crippen molar-refractivity contribution in [3.05, 3.63) is 34.3 Å². The summed E-state index contributed by atoms with van der Waals surface area (Å²) in [5, 5.41) is 13.4. The summed E-state index contributed by atoms with van der Waals surface area (Å²) in [6.07, 6.45) is 5.11. The molecule has 30 heavy (non-hydrogen) atoms. The number of hydrogen-bond acceptors (Lipinski definition) is 5. The van der Waals surface area contributed by atoms with Crippen LogP contribution < -0.4 is 10.5 Å². The summed E-state index contributed by atoms with van der Waals surface area (Å²) in [6, 6.07) is 0.991. The number of amides is 2. The average Bonchev–Trinajstić information content (AvgIpc) is 3.25. The van der Waals surface area contributed by atoms with Crippen LogP contribution in [-0.2, 0) is 35.8 Å². The number of nitrogens with two attached hydrogens (primary N) is 1. The summed E-state index contributed by atoms with van der Waals surface area (Å²) in [6.45, 7) is 4.24. The molecule has 1 aliphatic heterocycles. The van der Waals surface area contributed by atoms with Gasteiger partial charge in [0.15, 0.2) is 14.9 Å². The first-order valence-corrected chi connectivity index (χ1v) is 12.0. The van der Waals surface area contributed by atoms with Crippen LogP contribution in [0.1, 0.15) is 53.4 Å². The standard InChI is InChI=1S/C20H27N7O2S/c1-12-18(13-6-7-13)22-16-5-3-4-15(16)19(12)23-20(28)25-30(21,29)17-10-14-11-26(2)8-9-27(14)24-17/h10,13H,3-9,11H2,1-2H3,(H3,21,22,23,25,28,29). The lowest BCUT2D eigenvalue weighted by atomic mass is 10.0. The van der Waals surface area contributed by atoms with Crippen molar-refractivity contribution in [2.24, 2.45) is 9.50 Å². The molecule has 3 N–H and O–H groups in total. The van der Waals surface area contributed by atoms with Crippen LogP contribution in [0.2, 0.25) is 0 Å². The zero-order valence-corrected chi connectivity index (χ0v) is 18.2. The van der Waals surface area contributed by atoms with Crippen LogP contribution in [0.25, 0.3) is 0 Å². The molecule has 160 valence electrons. The van der Waals surface area contributed by atoms with Crippen molar-refractivity contribution in [3.8, 4) is 0 Å². The van der Waals surface area contributed by atoms with Gasteiger partial charge in [-0.1, -0.05) is 0 Å². The van der Waals surface area contributed by atoms with Gasteiger partial charge in [-0.15, -0.1) is 4.36 Å². The fourth-order valence-corrected chi connectivity index (χ4v) is 5.35. The minimum atomic E-state index is -3.44. The van der Waals surface area contributed by atoms with Crippen LogP contribution in [0.5, 0.6) is 0 Å². The normalized spacial score (nSPS) is 20.4. The van der Waals surface area contributed by atoms with Gasteiger partial charge < -0.3 is 5.32 Å². The van der Waals surface area contributed by atoms with Crippen molar-refractivity contribution in [2.75, 3.05) is 18.9 Å². The molecule has 0 saturated heterocycles. The molecule has 0 radical (unpaired) electrons. The molecule has 10 heteroatoms. The van der Waals surface area contributed by atoms with E-state index in [0.29, 0.717) is 19.0 Å². The highest BCUT2D eigenvalue weighted by Gasteiger charge is 2.31. The van der Waals surface area contributed by atoms with Gasteiger partial charge in [-0.05, 0) is 63.3 Å². The molecule has 1 unspecified atom stereocenters. The molecule has 2 aromatic rings. The Morgan fingerprint density at radius 1 is 1.33 bits per heavy atom. The Morgan fingerprint density at radius 2 is 2.13 bits per heavy atom. The Labute approximate surface area is 176 Å². The number of rotatable bonds is 3. The first-order valence-electron chi connectivity index (χ1n) is 10.5. The zero-order valence-electron chi connectivity index (χ0n) is 17.3. The van der Waals surface area contributed by atoms with E-state index in [1.807, 2.05) is 14.0 Å². The van der Waals surface area contributed by atoms with Gasteiger partial charge in [0, 0.05) is 30.4 Å². The van der Waals surface area contributed by atoms with Crippen molar-refractivity contribution < 1.29 is 9.00 Å². The molecule has 1 fully saturated rings. The van der Waals surface area contributed by atoms with E-state index in [0.717, 1.165) is 72.5 Å². The van der Waals surface area contributed by atoms with Crippen LogP contribution in [0, 0.1) is 6.92 Å². The maximum atomic E-state index is 13.0. The molecule has 2 amide bonds. The third-order valence-corrected chi connectivity index (χ3v) is 7.42. The number of urea groups is 1. The van der Waals surface area contributed by atoms with E-state index in [1.54, 1.807) is 10.7 Å². The SMILES string of the molecule is Cc1c(C2CC2)nc2c(c1NC(=O)N=S(N)(=O)c1cc3n(n1)CCN(C)C3)CCC2. The lowest BCUT2D eigenvalue weighted by Crippen LogP contribution is -2.30. The van der Waals surface area contributed by atoms with E-state index in [9.17, 15) is 9.00 Å². The predicted molar refractivity (Wildman–Crippen MR) is 114 cm³/mol. The Hall–Kier alpha value is -2.30. The van der Waals surface area contributed by atoms with E-state index in [4.69, 9.17) is 10.1 Å². The van der Waals surface area contributed by atoms with Crippen molar-refractivity contribution in [1.29, 1.82) is 0 Å². The molecule has 5 rings (SSSR count). The summed E-state index contributed by atoms with van der Waals surface area (Å²) < 4.78 is 18.7. The second kappa shape index (κ2) is 7.14. The highest BCUT2D eigenvalue weighted by Crippen LogP contribution is 2.44. The highest BCUT2D eigenvalue weighted by molar-refractivity contribution is 7.91. The topological polar surface area (TPSA) is 118 Å². The van der Waals surface area contributed by atoms with Crippen molar-refractivity contribution in [1.82, 2.24) is 19.7 Å². The fourth-order valence-electron chi connectivity index (χ4n) is 4.44. The minimum Gasteiger partial charge on any atom is -0.305 e. The Bertz CT molecular complexity index is 1160. The van der Waals surface area contributed by atoms with E-state index in [1.165, 1.54) is 0 Å². The largest absolute Gasteiger partial charge is 0.354 e. The lowest BCUT2D eigenvalue weighted by molar-refractivity contribution is 0.258. The lowest BCUT2D eigenvalue weighted by Gasteiger charge is -2.22. The number of pyridine rings is 1. The van der Waals surface area contributed by atoms with Crippen LogP contribution >= 0.6 is 0 Å². The van der Waals surface area contributed by atoms with Gasteiger partial charge in [0.2, 0.25) is 0 Å². The number of hydrogen-bond donors (Lipinski definition) is 2. The molecule has 3 heterocycles. The maximum Gasteiger partial charge on any atom is 0.354 e. The summed E-state index contributed by atoms with van der Waals surface area (Å²) in [5.74, 6) is 0.484. The van der Waals surface area contributed by atoms with Crippen molar-refractivity contribution in [3.63, 3.8) is 0 Å². The second-order valence-corrected chi connectivity index (χ2v) is 10.3. The molecular weight excluding hydrogens is 402 g/mol. The highest BCUT2D eigenvalue weighted by atomic mass is 32.2. The Kier molecular flexibility index (Phi) is 4.68. The van der Waals surface area contributed by atoms with E-state index in [-0.39, 0.29) is 5.03 Å². The van der Waals surface area contributed by atoms with Crippen LogP contribution in [0.15, 0.2) is 15.5 Å². The molecule has 0 bridgehead atoms. The first-order chi connectivity index (χ1) is 14.3. The number of aryl methyl sites for hydroxylation is 1. The van der Waals surface area contributed by atoms with Crippen molar-refractivity contribution in [2.45, 2.75) is 63.1 Å². The van der Waals surface area contributed by atoms with Gasteiger partial charge in [0.1, 0.15) is 0 Å². The van der Waals surface area contributed by atoms with Gasteiger partial charge in [-0.25, -0.2) is 14.1 Å². The summed E-state index contributed by atoms with van der Waals surface area (Å²) in [5.41, 5.74) is 5.90. The molecule has 1 atom stereocenters. The Balaban J connectivity index is 1.45. The molecule has 0 aromatic carbocycles. The number of aromatic nitrogens is 3. The van der Waals surface area contributed by atoms with Crippen LogP contribution in [-0.4, -0.2) is 43.5 Å². The third kappa shape index (κ3) is 3.52. The monoisotopic (exact) mass is 429 g/mol. The Morgan fingerprint density at radius 3 is 2.90 bits per heavy atom. The molecule has 9 nitrogen and oxygen atoms in total. The average molecular weight is 430 g/mol. The summed E-state index contributed by atoms with van der Waals surface area (Å²) in [4.78, 5) is 19.8. The fraction of sp³-hybridized carbons (Fsp3) is 0.550. The van der Waals surface area contributed by atoms with E-state index in [2.05, 4.69) is 19.7 Å². The molecule has 2 aromatic heterocycles. The predicted octanol–water partition coefficient (Wildman–Crippen LogP) is 2.33. The number of nitrogens with one attached hydrogen (secondary N) is 1. The van der Waals surface area contributed by atoms with E-state index >= 15 is 0 Å². The molecular formula is C20H27N7O2S. The number of fused-ring (bicyclic) bond motifs is 2. The quantitative estimate of drug-likeness (QED) is 0.776. The molecule has 2 aliphatic carbocycles. The third-order valence-electron chi connectivity index (χ3n) is 6.19. The van der Waals surface area contributed by atoms with Gasteiger partial charge in [0.25, 0.3) is 0 Å². The number of anilines is 1. The van der Waals surface area contributed by atoms with E-state index < -0.39 is 15.9 Å². The smallest absolute Gasteiger partial charge is 0.305 e. The van der Waals surface area contributed by atoms with Crippen LogP contribution in [0.4, 0.5) is 10.5 Å². The van der Waals surface area contributed by atoms with Crippen molar-refractivity contribution >= 4 is 21.6 Å². The molecule has 0 spiro atoms. The van der Waals surface area contributed by atoms with Gasteiger partial charge in [-0.3, -0.25) is 14.6 Å². The van der Waals surface area contributed by atoms with Gasteiger partial charge >= 0.3 is 6.03 Å². The molecule has 1 saturated carbocycles. The number of carbonyl (C=O) groups excluding carboxylic acids is 1. The zero-order chi connectivity index (χ0) is 21.0. The summed E-state index contributed by atoms with van der Waals surface area (Å²) in [7, 11) is -1.42. The first kappa shape index (κ1) is 19.7. The van der Waals surface area contributed by atoms with Gasteiger partial charge in [-0.2, -0.15) is 5.10 Å².